The van der Waals surface area contributed by atoms with Crippen molar-refractivity contribution in [1.29, 1.82) is 0 Å². The summed E-state index contributed by atoms with van der Waals surface area (Å²) < 4.78 is 5.13. The summed E-state index contributed by atoms with van der Waals surface area (Å²) >= 11 is 0. The van der Waals surface area contributed by atoms with E-state index in [2.05, 4.69) is 10.6 Å². The van der Waals surface area contributed by atoms with Crippen LogP contribution >= 0.6 is 0 Å². The van der Waals surface area contributed by atoms with Gasteiger partial charge in [0.25, 0.3) is 0 Å². The van der Waals surface area contributed by atoms with Gasteiger partial charge in [-0.25, -0.2) is 0 Å². The Morgan fingerprint density at radius 1 is 1.11 bits per heavy atom. The van der Waals surface area contributed by atoms with E-state index >= 15 is 0 Å². The average Bonchev–Trinajstić information content (AvgIpc) is 2.37. The number of ether oxygens (including phenoxy) is 1. The first-order chi connectivity index (χ1) is 8.93. The Morgan fingerprint density at radius 2 is 1.68 bits per heavy atom. The monoisotopic (exact) mass is 264 g/mol. The van der Waals surface area contributed by atoms with Gasteiger partial charge in [-0.2, -0.15) is 0 Å². The first kappa shape index (κ1) is 15.5. The molecule has 4 heteroatoms. The maximum Gasteiger partial charge on any atom is 0.237 e. The Labute approximate surface area is 115 Å². The SMILES string of the molecule is COc1ccc([C@@H](C)NC(C)C(=O)NC(C)C)cc1. The van der Waals surface area contributed by atoms with Gasteiger partial charge in [0.05, 0.1) is 13.2 Å². The van der Waals surface area contributed by atoms with E-state index in [-0.39, 0.29) is 24.0 Å². The summed E-state index contributed by atoms with van der Waals surface area (Å²) in [5.41, 5.74) is 1.13. The van der Waals surface area contributed by atoms with E-state index in [4.69, 9.17) is 4.74 Å². The number of hydrogen-bond acceptors (Lipinski definition) is 3. The zero-order valence-electron chi connectivity index (χ0n) is 12.4. The van der Waals surface area contributed by atoms with Crippen LogP contribution in [-0.4, -0.2) is 25.1 Å². The van der Waals surface area contributed by atoms with Gasteiger partial charge < -0.3 is 10.1 Å². The van der Waals surface area contributed by atoms with Gasteiger partial charge in [-0.3, -0.25) is 10.1 Å². The molecule has 4 nitrogen and oxygen atoms in total. The van der Waals surface area contributed by atoms with Gasteiger partial charge >= 0.3 is 0 Å². The molecule has 0 radical (unpaired) electrons. The van der Waals surface area contributed by atoms with E-state index in [9.17, 15) is 4.79 Å². The standard InChI is InChI=1S/C15H24N2O2/c1-10(2)16-15(18)12(4)17-11(3)13-6-8-14(19-5)9-7-13/h6-12,17H,1-5H3,(H,16,18)/t11-,12?/m1/s1. The molecule has 0 bridgehead atoms. The zero-order chi connectivity index (χ0) is 14.4. The van der Waals surface area contributed by atoms with Crippen LogP contribution in [0.4, 0.5) is 0 Å². The molecule has 0 spiro atoms. The van der Waals surface area contributed by atoms with E-state index in [1.165, 1.54) is 0 Å². The van der Waals surface area contributed by atoms with Gasteiger partial charge in [0, 0.05) is 12.1 Å². The molecule has 0 aliphatic heterocycles. The number of carbonyl (C=O) groups excluding carboxylic acids is 1. The largest absolute Gasteiger partial charge is 0.497 e. The lowest BCUT2D eigenvalue weighted by Crippen LogP contribution is -2.45. The highest BCUT2D eigenvalue weighted by atomic mass is 16.5. The fraction of sp³-hybridized carbons (Fsp3) is 0.533. The summed E-state index contributed by atoms with van der Waals surface area (Å²) in [5, 5.41) is 6.18. The van der Waals surface area contributed by atoms with Crippen molar-refractivity contribution in [3.63, 3.8) is 0 Å². The van der Waals surface area contributed by atoms with Crippen LogP contribution in [0.25, 0.3) is 0 Å². The maximum atomic E-state index is 11.8. The zero-order valence-corrected chi connectivity index (χ0v) is 12.4. The van der Waals surface area contributed by atoms with Crippen LogP contribution in [0.1, 0.15) is 39.3 Å². The predicted molar refractivity (Wildman–Crippen MR) is 77.3 cm³/mol. The lowest BCUT2D eigenvalue weighted by atomic mass is 10.1. The molecule has 0 heterocycles. The van der Waals surface area contributed by atoms with Gasteiger partial charge in [-0.1, -0.05) is 12.1 Å². The fourth-order valence-electron chi connectivity index (χ4n) is 1.85. The number of nitrogens with one attached hydrogen (secondary N) is 2. The smallest absolute Gasteiger partial charge is 0.237 e. The molecule has 1 unspecified atom stereocenters. The lowest BCUT2D eigenvalue weighted by Gasteiger charge is -2.21. The Balaban J connectivity index is 2.57. The predicted octanol–water partition coefficient (Wildman–Crippen LogP) is 2.26. The third-order valence-corrected chi connectivity index (χ3v) is 2.94. The molecular weight excluding hydrogens is 240 g/mol. The molecule has 0 aromatic heterocycles. The second kappa shape index (κ2) is 7.14. The van der Waals surface area contributed by atoms with Crippen LogP contribution in [0.2, 0.25) is 0 Å². The van der Waals surface area contributed by atoms with Crippen LogP contribution in [0.3, 0.4) is 0 Å². The Kier molecular flexibility index (Phi) is 5.83. The van der Waals surface area contributed by atoms with Gasteiger partial charge in [-0.05, 0) is 45.4 Å². The van der Waals surface area contributed by atoms with Crippen LogP contribution in [-0.2, 0) is 4.79 Å². The molecule has 106 valence electrons. The van der Waals surface area contributed by atoms with E-state index in [1.54, 1.807) is 7.11 Å². The number of carbonyl (C=O) groups is 1. The van der Waals surface area contributed by atoms with Crippen molar-refractivity contribution in [3.8, 4) is 5.75 Å². The van der Waals surface area contributed by atoms with Crippen molar-refractivity contribution in [1.82, 2.24) is 10.6 Å². The number of hydrogen-bond donors (Lipinski definition) is 2. The average molecular weight is 264 g/mol. The van der Waals surface area contributed by atoms with Gasteiger partial charge in [-0.15, -0.1) is 0 Å². The quantitative estimate of drug-likeness (QED) is 0.828. The van der Waals surface area contributed by atoms with E-state index in [0.717, 1.165) is 11.3 Å². The van der Waals surface area contributed by atoms with E-state index in [0.29, 0.717) is 0 Å². The van der Waals surface area contributed by atoms with Crippen molar-refractivity contribution in [2.45, 2.75) is 45.8 Å². The summed E-state index contributed by atoms with van der Waals surface area (Å²) in [5.74, 6) is 0.858. The topological polar surface area (TPSA) is 50.4 Å². The Morgan fingerprint density at radius 3 is 2.16 bits per heavy atom. The van der Waals surface area contributed by atoms with E-state index in [1.807, 2.05) is 52.0 Å². The van der Waals surface area contributed by atoms with Crippen LogP contribution in [0.15, 0.2) is 24.3 Å². The normalized spacial score (nSPS) is 14.0. The van der Waals surface area contributed by atoms with Crippen LogP contribution < -0.4 is 15.4 Å². The molecule has 19 heavy (non-hydrogen) atoms. The van der Waals surface area contributed by atoms with Crippen molar-refractivity contribution < 1.29 is 9.53 Å². The fourth-order valence-corrected chi connectivity index (χ4v) is 1.85. The molecule has 0 saturated heterocycles. The minimum atomic E-state index is -0.223. The molecule has 2 N–H and O–H groups in total. The molecule has 1 rings (SSSR count). The summed E-state index contributed by atoms with van der Waals surface area (Å²) in [7, 11) is 1.65. The third-order valence-electron chi connectivity index (χ3n) is 2.94. The number of methoxy groups -OCH3 is 1. The second-order valence-electron chi connectivity index (χ2n) is 5.05. The van der Waals surface area contributed by atoms with Crippen molar-refractivity contribution in [2.75, 3.05) is 7.11 Å². The van der Waals surface area contributed by atoms with Crippen molar-refractivity contribution in [3.05, 3.63) is 29.8 Å². The molecule has 1 aromatic rings. The molecule has 0 aliphatic carbocycles. The van der Waals surface area contributed by atoms with Gasteiger partial charge in [0.15, 0.2) is 0 Å². The maximum absolute atomic E-state index is 11.8. The Hall–Kier alpha value is -1.55. The number of rotatable bonds is 6. The first-order valence-electron chi connectivity index (χ1n) is 6.64. The summed E-state index contributed by atoms with van der Waals surface area (Å²) in [4.78, 5) is 11.8. The number of benzene rings is 1. The van der Waals surface area contributed by atoms with E-state index < -0.39 is 0 Å². The highest BCUT2D eigenvalue weighted by Crippen LogP contribution is 2.17. The van der Waals surface area contributed by atoms with Crippen LogP contribution in [0.5, 0.6) is 5.75 Å². The summed E-state index contributed by atoms with van der Waals surface area (Å²) in [6, 6.07) is 7.90. The first-order valence-corrected chi connectivity index (χ1v) is 6.64. The van der Waals surface area contributed by atoms with Crippen molar-refractivity contribution in [2.24, 2.45) is 0 Å². The highest BCUT2D eigenvalue weighted by molar-refractivity contribution is 5.81. The molecule has 1 aromatic carbocycles. The van der Waals surface area contributed by atoms with Gasteiger partial charge in [0.2, 0.25) is 5.91 Å². The van der Waals surface area contributed by atoms with Crippen LogP contribution in [0, 0.1) is 0 Å². The third kappa shape index (κ3) is 4.91. The second-order valence-corrected chi connectivity index (χ2v) is 5.05. The Bertz CT molecular complexity index is 401. The molecule has 0 aliphatic rings. The highest BCUT2D eigenvalue weighted by Gasteiger charge is 2.16. The molecule has 0 saturated carbocycles. The molecule has 0 fully saturated rings. The molecular formula is C15H24N2O2. The summed E-state index contributed by atoms with van der Waals surface area (Å²) in [6.07, 6.45) is 0. The minimum absolute atomic E-state index is 0.0235. The number of amides is 1. The van der Waals surface area contributed by atoms with Gasteiger partial charge in [0.1, 0.15) is 5.75 Å². The lowest BCUT2D eigenvalue weighted by molar-refractivity contribution is -0.123. The molecule has 2 atom stereocenters. The minimum Gasteiger partial charge on any atom is -0.497 e. The summed E-state index contributed by atoms with van der Waals surface area (Å²) in [6.45, 7) is 7.83. The molecule has 1 amide bonds. The van der Waals surface area contributed by atoms with Crippen molar-refractivity contribution >= 4 is 5.91 Å².